The van der Waals surface area contributed by atoms with Crippen LogP contribution in [0.1, 0.15) is 97.0 Å². The molecule has 19 heteroatoms. The van der Waals surface area contributed by atoms with E-state index in [4.69, 9.17) is 23.2 Å². The van der Waals surface area contributed by atoms with Crippen LogP contribution >= 0.6 is 23.2 Å². The number of hydrogen-bond donors (Lipinski definition) is 3. The van der Waals surface area contributed by atoms with Crippen molar-refractivity contribution >= 4 is 64.6 Å². The summed E-state index contributed by atoms with van der Waals surface area (Å²) in [6, 6.07) is -1.24. The third kappa shape index (κ3) is 12.1. The van der Waals surface area contributed by atoms with Gasteiger partial charge in [-0.25, -0.2) is 0 Å². The standard InChI is InChI=1S/C42H60Cl2F3N7O7/c1-25(2)21-30-39(60)53(6)33(23-27-22-28(43)15-16-29(27)44)35(56)48-24-34(55)51(4)19-11-8-13-31(36(57)50-30)52(5)38(59)26(3)49-37(58)32-14-12-20-54(32)40(61)41(42(45,46)47)17-9-7-10-18-41/h15-16,22,25-26,30-33H,7-14,17-21,23-24H2,1-6H3,(H,48,56)(H,49,58)(H,50,57)/t26-,30-,31-,32-,33-/m0/s1. The van der Waals surface area contributed by atoms with Crippen LogP contribution in [0.5, 0.6) is 0 Å². The molecule has 2 aliphatic heterocycles. The average Bonchev–Trinajstić information content (AvgIpc) is 3.71. The van der Waals surface area contributed by atoms with Crippen LogP contribution in [0.3, 0.4) is 0 Å². The van der Waals surface area contributed by atoms with Gasteiger partial charge in [-0.05, 0) is 88.0 Å². The fourth-order valence-corrected chi connectivity index (χ4v) is 8.95. The molecule has 0 aromatic heterocycles. The number of likely N-dealkylation sites (tertiary alicyclic amines) is 1. The van der Waals surface area contributed by atoms with Gasteiger partial charge in [0, 0.05) is 50.7 Å². The molecule has 0 radical (unpaired) electrons. The number of carbonyl (C=O) groups is 7. The van der Waals surface area contributed by atoms with Gasteiger partial charge in [-0.1, -0.05) is 56.3 Å². The van der Waals surface area contributed by atoms with Gasteiger partial charge < -0.3 is 35.6 Å². The third-order valence-corrected chi connectivity index (χ3v) is 12.8. The Bertz CT molecular complexity index is 1790. The van der Waals surface area contributed by atoms with E-state index < -0.39 is 83.2 Å². The van der Waals surface area contributed by atoms with Gasteiger partial charge in [0.25, 0.3) is 0 Å². The number of alkyl halides is 3. The van der Waals surface area contributed by atoms with Crippen molar-refractivity contribution < 1.29 is 46.7 Å². The maximum Gasteiger partial charge on any atom is 0.403 e. The van der Waals surface area contributed by atoms with Crippen LogP contribution in [0.15, 0.2) is 18.2 Å². The van der Waals surface area contributed by atoms with E-state index in [-0.39, 0.29) is 76.9 Å². The molecule has 3 N–H and O–H groups in total. The fraction of sp³-hybridized carbons (Fsp3) is 0.690. The molecule has 0 spiro atoms. The molecule has 0 unspecified atom stereocenters. The lowest BCUT2D eigenvalue weighted by Gasteiger charge is -2.41. The molecule has 1 aromatic carbocycles. The highest BCUT2D eigenvalue weighted by Crippen LogP contribution is 2.51. The maximum absolute atomic E-state index is 14.5. The van der Waals surface area contributed by atoms with Crippen LogP contribution < -0.4 is 16.0 Å². The minimum Gasteiger partial charge on any atom is -0.345 e. The Hall–Kier alpha value is -4.12. The van der Waals surface area contributed by atoms with Crippen molar-refractivity contribution in [2.45, 2.75) is 134 Å². The Morgan fingerprint density at radius 1 is 0.934 bits per heavy atom. The first kappa shape index (κ1) is 49.5. The van der Waals surface area contributed by atoms with Crippen LogP contribution in [0, 0.1) is 11.3 Å². The number of nitrogens with zero attached hydrogens (tertiary/aromatic N) is 4. The second kappa shape index (κ2) is 21.3. The van der Waals surface area contributed by atoms with Gasteiger partial charge in [0.1, 0.15) is 35.6 Å². The van der Waals surface area contributed by atoms with Crippen LogP contribution in [0.4, 0.5) is 13.2 Å². The Balaban J connectivity index is 1.58. The van der Waals surface area contributed by atoms with E-state index in [1.807, 2.05) is 13.8 Å². The van der Waals surface area contributed by atoms with E-state index >= 15 is 0 Å². The molecular weight excluding hydrogens is 842 g/mol. The van der Waals surface area contributed by atoms with Gasteiger partial charge in [-0.2, -0.15) is 13.2 Å². The lowest BCUT2D eigenvalue weighted by molar-refractivity contribution is -0.236. The van der Waals surface area contributed by atoms with Crippen molar-refractivity contribution in [3.05, 3.63) is 33.8 Å². The maximum atomic E-state index is 14.5. The van der Waals surface area contributed by atoms with Gasteiger partial charge in [0.05, 0.1) is 6.54 Å². The number of halogens is 5. The quantitative estimate of drug-likeness (QED) is 0.329. The number of amides is 7. The van der Waals surface area contributed by atoms with Crippen LogP contribution in [0.2, 0.25) is 10.0 Å². The van der Waals surface area contributed by atoms with Gasteiger partial charge >= 0.3 is 6.18 Å². The second-order valence-electron chi connectivity index (χ2n) is 17.1. The van der Waals surface area contributed by atoms with E-state index in [1.54, 1.807) is 25.2 Å². The zero-order valence-electron chi connectivity index (χ0n) is 35.8. The summed E-state index contributed by atoms with van der Waals surface area (Å²) in [4.78, 5) is 102. The Labute approximate surface area is 365 Å². The number of nitrogens with one attached hydrogen (secondary N) is 3. The number of carbonyl (C=O) groups excluding carboxylic acids is 7. The molecule has 3 fully saturated rings. The predicted octanol–water partition coefficient (Wildman–Crippen LogP) is 4.49. The van der Waals surface area contributed by atoms with Gasteiger partial charge in [0.15, 0.2) is 0 Å². The summed E-state index contributed by atoms with van der Waals surface area (Å²) in [7, 11) is 4.36. The van der Waals surface area contributed by atoms with Crippen molar-refractivity contribution in [1.29, 1.82) is 0 Å². The normalized spacial score (nSPS) is 24.3. The monoisotopic (exact) mass is 901 g/mol. The molecule has 14 nitrogen and oxygen atoms in total. The molecule has 2 heterocycles. The third-order valence-electron chi connectivity index (χ3n) is 12.2. The lowest BCUT2D eigenvalue weighted by atomic mass is 9.72. The van der Waals surface area contributed by atoms with E-state index in [0.717, 1.165) is 9.80 Å². The summed E-state index contributed by atoms with van der Waals surface area (Å²) in [6.45, 7) is 4.99. The SMILES string of the molecule is CC(C)C[C@@H]1NC(=O)[C@@H](N(C)C(=O)[C@H](C)NC(=O)[C@@H]2CCCN2C(=O)C2(C(F)(F)F)CCCCC2)CCCCN(C)C(=O)CNC(=O)[C@H](Cc2cc(Cl)ccc2Cl)N(C)C1=O. The van der Waals surface area contributed by atoms with E-state index in [2.05, 4.69) is 16.0 Å². The van der Waals surface area contributed by atoms with E-state index in [1.165, 1.54) is 30.8 Å². The highest BCUT2D eigenvalue weighted by Gasteiger charge is 2.62. The summed E-state index contributed by atoms with van der Waals surface area (Å²) in [5.41, 5.74) is -2.09. The summed E-state index contributed by atoms with van der Waals surface area (Å²) in [6.07, 6.45) is -3.00. The molecule has 340 valence electrons. The molecule has 61 heavy (non-hydrogen) atoms. The second-order valence-corrected chi connectivity index (χ2v) is 18.0. The van der Waals surface area contributed by atoms with Gasteiger partial charge in [-0.15, -0.1) is 0 Å². The highest BCUT2D eigenvalue weighted by atomic mass is 35.5. The number of likely N-dealkylation sites (N-methyl/N-ethyl adjacent to an activating group) is 3. The summed E-state index contributed by atoms with van der Waals surface area (Å²) >= 11 is 12.7. The van der Waals surface area contributed by atoms with E-state index in [9.17, 15) is 46.7 Å². The molecular formula is C42H60Cl2F3N7O7. The minimum atomic E-state index is -4.79. The smallest absolute Gasteiger partial charge is 0.345 e. The molecule has 1 aromatic rings. The zero-order valence-corrected chi connectivity index (χ0v) is 37.4. The molecule has 7 amide bonds. The first-order chi connectivity index (χ1) is 28.6. The first-order valence-electron chi connectivity index (χ1n) is 21.1. The van der Waals surface area contributed by atoms with Gasteiger partial charge in [0.2, 0.25) is 41.4 Å². The molecule has 5 atom stereocenters. The van der Waals surface area contributed by atoms with Crippen molar-refractivity contribution in [2.75, 3.05) is 40.8 Å². The first-order valence-corrected chi connectivity index (χ1v) is 21.8. The fourth-order valence-electron chi connectivity index (χ4n) is 8.56. The largest absolute Gasteiger partial charge is 0.403 e. The van der Waals surface area contributed by atoms with Crippen molar-refractivity contribution in [3.8, 4) is 0 Å². The number of hydrogen-bond acceptors (Lipinski definition) is 7. The van der Waals surface area contributed by atoms with Crippen LogP contribution in [0.25, 0.3) is 0 Å². The molecule has 1 saturated carbocycles. The summed E-state index contributed by atoms with van der Waals surface area (Å²) in [5, 5.41) is 8.72. The number of benzene rings is 1. The van der Waals surface area contributed by atoms with Crippen molar-refractivity contribution in [3.63, 3.8) is 0 Å². The Morgan fingerprint density at radius 3 is 2.25 bits per heavy atom. The molecule has 0 bridgehead atoms. The Kier molecular flexibility index (Phi) is 17.3. The zero-order chi connectivity index (χ0) is 45.4. The molecule has 4 rings (SSSR count). The lowest BCUT2D eigenvalue weighted by Crippen LogP contribution is -2.60. The molecule has 3 aliphatic rings. The van der Waals surface area contributed by atoms with Crippen molar-refractivity contribution in [2.24, 2.45) is 11.3 Å². The molecule has 2 saturated heterocycles. The van der Waals surface area contributed by atoms with Crippen LogP contribution in [-0.4, -0.2) is 138 Å². The summed E-state index contributed by atoms with van der Waals surface area (Å²) < 4.78 is 43.4. The minimum absolute atomic E-state index is 0.0226. The average molecular weight is 903 g/mol. The summed E-state index contributed by atoms with van der Waals surface area (Å²) in [5.74, 6) is -5.00. The van der Waals surface area contributed by atoms with Crippen molar-refractivity contribution in [1.82, 2.24) is 35.6 Å². The predicted molar refractivity (Wildman–Crippen MR) is 223 cm³/mol. The highest BCUT2D eigenvalue weighted by molar-refractivity contribution is 6.33. The topological polar surface area (TPSA) is 169 Å². The van der Waals surface area contributed by atoms with Crippen LogP contribution in [-0.2, 0) is 40.0 Å². The Morgan fingerprint density at radius 2 is 1.61 bits per heavy atom. The number of rotatable bonds is 9. The van der Waals surface area contributed by atoms with Gasteiger partial charge in [-0.3, -0.25) is 33.6 Å². The van der Waals surface area contributed by atoms with E-state index in [0.29, 0.717) is 41.3 Å². The molecule has 1 aliphatic carbocycles.